The van der Waals surface area contributed by atoms with Crippen LogP contribution >= 0.6 is 24.0 Å². The molecule has 0 amide bonds. The number of anilines is 1. The van der Waals surface area contributed by atoms with Crippen molar-refractivity contribution in [2.75, 3.05) is 25.2 Å². The molecule has 0 aromatic carbocycles. The average molecular weight is 439 g/mol. The van der Waals surface area contributed by atoms with Gasteiger partial charge in [-0.25, -0.2) is 9.97 Å². The van der Waals surface area contributed by atoms with Crippen molar-refractivity contribution in [3.63, 3.8) is 0 Å². The Balaban J connectivity index is 2.19. The number of hydrogen-bond donors (Lipinski definition) is 4. The Kier molecular flexibility index (Phi) is 6.33. The van der Waals surface area contributed by atoms with Crippen molar-refractivity contribution in [1.82, 2.24) is 14.5 Å². The van der Waals surface area contributed by atoms with Gasteiger partial charge in [0, 0.05) is 6.20 Å². The van der Waals surface area contributed by atoms with Gasteiger partial charge in [0.25, 0.3) is 0 Å². The number of aliphatic hydroxyl groups excluding tert-OH is 2. The van der Waals surface area contributed by atoms with E-state index in [0.717, 1.165) is 0 Å². The summed E-state index contributed by atoms with van der Waals surface area (Å²) in [5, 5.41) is 31.7. The van der Waals surface area contributed by atoms with E-state index in [2.05, 4.69) is 21.8 Å². The van der Waals surface area contributed by atoms with Crippen molar-refractivity contribution in [2.45, 2.75) is 43.0 Å². The first-order valence-electron chi connectivity index (χ1n) is 8.82. The third-order valence-corrected chi connectivity index (χ3v) is 5.39. The molecule has 0 saturated carbocycles. The highest BCUT2D eigenvalue weighted by Gasteiger charge is 2.53. The molecule has 1 saturated heterocycles. The molecule has 9 nitrogen and oxygen atoms in total. The lowest BCUT2D eigenvalue weighted by Crippen LogP contribution is -2.44. The number of thiocarbonyl (C=S) groups is 1. The molecule has 0 aliphatic carbocycles. The van der Waals surface area contributed by atoms with Gasteiger partial charge < -0.3 is 35.1 Å². The fourth-order valence-electron chi connectivity index (χ4n) is 3.20. The number of aliphatic hydroxyl groups is 3. The van der Waals surface area contributed by atoms with Gasteiger partial charge in [0.1, 0.15) is 29.3 Å². The Labute approximate surface area is 177 Å². The van der Waals surface area contributed by atoms with E-state index >= 15 is 0 Å². The molecule has 29 heavy (non-hydrogen) atoms. The van der Waals surface area contributed by atoms with Crippen LogP contribution < -0.4 is 5.73 Å². The molecule has 1 aliphatic rings. The zero-order chi connectivity index (χ0) is 21.3. The molecule has 11 heteroatoms. The van der Waals surface area contributed by atoms with Crippen molar-refractivity contribution < 1.29 is 24.8 Å². The maximum Gasteiger partial charge on any atom is 0.237 e. The van der Waals surface area contributed by atoms with Gasteiger partial charge in [-0.15, -0.1) is 0 Å². The van der Waals surface area contributed by atoms with Gasteiger partial charge in [-0.2, -0.15) is 0 Å². The largest absolute Gasteiger partial charge is 0.477 e. The number of nitrogen functional groups attached to an aromatic ring is 1. The number of fused-ring (bicyclic) bond motifs is 1. The van der Waals surface area contributed by atoms with E-state index in [4.69, 9.17) is 27.4 Å². The standard InChI is InChI=1S/C18H22N4O5S2/c1-4-26-11(28)6-5-9-7-22(15-12(9)14(19)20-17(21-15)29-3)16-18(2,25)13(24)10(8-23)27-16/h7,10,13,16,23-25H,4,8H2,1-3H3,(H2,19,20,21)/t10-,13-,16?,18?/m1/s1. The molecule has 1 aliphatic heterocycles. The van der Waals surface area contributed by atoms with E-state index < -0.39 is 30.6 Å². The zero-order valence-electron chi connectivity index (χ0n) is 16.1. The summed E-state index contributed by atoms with van der Waals surface area (Å²) >= 11 is 6.35. The van der Waals surface area contributed by atoms with E-state index in [-0.39, 0.29) is 10.9 Å². The Hall–Kier alpha value is -1.94. The van der Waals surface area contributed by atoms with Crippen molar-refractivity contribution >= 4 is 45.9 Å². The van der Waals surface area contributed by atoms with Crippen molar-refractivity contribution in [1.29, 1.82) is 0 Å². The summed E-state index contributed by atoms with van der Waals surface area (Å²) < 4.78 is 12.5. The van der Waals surface area contributed by atoms with Crippen LogP contribution in [0.2, 0.25) is 0 Å². The molecule has 2 aromatic heterocycles. The lowest BCUT2D eigenvalue weighted by atomic mass is 9.96. The second-order valence-electron chi connectivity index (χ2n) is 6.59. The molecule has 3 rings (SSSR count). The number of rotatable bonds is 4. The third kappa shape index (κ3) is 3.92. The van der Waals surface area contributed by atoms with Gasteiger partial charge in [0.05, 0.1) is 24.2 Å². The lowest BCUT2D eigenvalue weighted by molar-refractivity contribution is -0.0948. The Morgan fingerprint density at radius 3 is 2.83 bits per heavy atom. The summed E-state index contributed by atoms with van der Waals surface area (Å²) in [6.45, 7) is 3.18. The smallest absolute Gasteiger partial charge is 0.237 e. The molecule has 2 unspecified atom stereocenters. The topological polar surface area (TPSA) is 136 Å². The summed E-state index contributed by atoms with van der Waals surface area (Å²) in [7, 11) is 0. The van der Waals surface area contributed by atoms with Crippen LogP contribution in [0.5, 0.6) is 0 Å². The first kappa shape index (κ1) is 21.8. The minimum absolute atomic E-state index is 0.133. The van der Waals surface area contributed by atoms with Gasteiger partial charge >= 0.3 is 0 Å². The van der Waals surface area contributed by atoms with Gasteiger partial charge in [-0.1, -0.05) is 17.7 Å². The molecule has 0 spiro atoms. The molecule has 156 valence electrons. The highest BCUT2D eigenvalue weighted by molar-refractivity contribution is 7.98. The van der Waals surface area contributed by atoms with Gasteiger partial charge in [-0.3, -0.25) is 0 Å². The fraction of sp³-hybridized carbons (Fsp3) is 0.500. The van der Waals surface area contributed by atoms with Gasteiger partial charge in [0.2, 0.25) is 5.05 Å². The first-order chi connectivity index (χ1) is 13.7. The van der Waals surface area contributed by atoms with Crippen LogP contribution in [-0.2, 0) is 9.47 Å². The van der Waals surface area contributed by atoms with Crippen LogP contribution in [0.3, 0.4) is 0 Å². The predicted octanol–water partition coefficient (Wildman–Crippen LogP) is 0.452. The summed E-state index contributed by atoms with van der Waals surface area (Å²) in [5.41, 5.74) is 5.31. The fourth-order valence-corrected chi connectivity index (χ4v) is 3.73. The zero-order valence-corrected chi connectivity index (χ0v) is 17.8. The lowest BCUT2D eigenvalue weighted by Gasteiger charge is -2.27. The number of thioether (sulfide) groups is 1. The molecule has 2 aromatic rings. The highest BCUT2D eigenvalue weighted by atomic mass is 32.2. The van der Waals surface area contributed by atoms with E-state index in [1.807, 2.05) is 6.26 Å². The molecular formula is C18H22N4O5S2. The van der Waals surface area contributed by atoms with Crippen LogP contribution in [0.15, 0.2) is 11.4 Å². The van der Waals surface area contributed by atoms with E-state index in [9.17, 15) is 15.3 Å². The van der Waals surface area contributed by atoms with Gasteiger partial charge in [0.15, 0.2) is 11.4 Å². The SMILES string of the molecule is CCOC(=S)C#Cc1cn(C2O[C@H](CO)[C@@H](O)C2(C)O)c2nc(SC)nc(N)c12. The van der Waals surface area contributed by atoms with Crippen molar-refractivity contribution in [3.8, 4) is 11.8 Å². The third-order valence-electron chi connectivity index (χ3n) is 4.62. The maximum absolute atomic E-state index is 10.9. The van der Waals surface area contributed by atoms with Crippen molar-refractivity contribution in [3.05, 3.63) is 11.8 Å². The summed E-state index contributed by atoms with van der Waals surface area (Å²) in [5.74, 6) is 5.85. The monoisotopic (exact) mass is 438 g/mol. The van der Waals surface area contributed by atoms with Crippen LogP contribution in [0.25, 0.3) is 11.0 Å². The highest BCUT2D eigenvalue weighted by Crippen LogP contribution is 2.41. The van der Waals surface area contributed by atoms with Crippen LogP contribution in [0, 0.1) is 11.8 Å². The Morgan fingerprint density at radius 2 is 2.24 bits per heavy atom. The van der Waals surface area contributed by atoms with Crippen LogP contribution in [0.4, 0.5) is 5.82 Å². The summed E-state index contributed by atoms with van der Waals surface area (Å²) in [6, 6.07) is 0. The van der Waals surface area contributed by atoms with E-state index in [0.29, 0.717) is 28.4 Å². The molecule has 1 fully saturated rings. The van der Waals surface area contributed by atoms with Crippen LogP contribution in [0.1, 0.15) is 25.6 Å². The molecule has 0 radical (unpaired) electrons. The number of aromatic nitrogens is 3. The second kappa shape index (κ2) is 8.43. The number of ether oxygens (including phenoxy) is 2. The van der Waals surface area contributed by atoms with Crippen LogP contribution in [-0.4, -0.2) is 72.2 Å². The van der Waals surface area contributed by atoms with Crippen molar-refractivity contribution in [2.24, 2.45) is 0 Å². The van der Waals surface area contributed by atoms with E-state index in [1.165, 1.54) is 18.7 Å². The quantitative estimate of drug-likeness (QED) is 0.231. The number of nitrogens with two attached hydrogens (primary N) is 1. The summed E-state index contributed by atoms with van der Waals surface area (Å²) in [4.78, 5) is 8.75. The Morgan fingerprint density at radius 1 is 1.52 bits per heavy atom. The Bertz CT molecular complexity index is 998. The number of hydrogen-bond acceptors (Lipinski definition) is 10. The van der Waals surface area contributed by atoms with E-state index in [1.54, 1.807) is 17.7 Å². The minimum atomic E-state index is -1.69. The molecule has 5 N–H and O–H groups in total. The summed E-state index contributed by atoms with van der Waals surface area (Å²) in [6.07, 6.45) is 0.132. The second-order valence-corrected chi connectivity index (χ2v) is 7.74. The molecule has 4 atom stereocenters. The molecule has 0 bridgehead atoms. The predicted molar refractivity (Wildman–Crippen MR) is 112 cm³/mol. The first-order valence-corrected chi connectivity index (χ1v) is 10.4. The molecular weight excluding hydrogens is 416 g/mol. The normalized spacial score (nSPS) is 26.3. The average Bonchev–Trinajstić information content (AvgIpc) is 3.15. The molecule has 3 heterocycles. The minimum Gasteiger partial charge on any atom is -0.477 e. The number of nitrogens with zero attached hydrogens (tertiary/aromatic N) is 3. The maximum atomic E-state index is 10.9. The van der Waals surface area contributed by atoms with Gasteiger partial charge in [-0.05, 0) is 38.2 Å².